The topological polar surface area (TPSA) is 71.0 Å². The summed E-state index contributed by atoms with van der Waals surface area (Å²) in [4.78, 5) is 26.6. The summed E-state index contributed by atoms with van der Waals surface area (Å²) in [6.45, 7) is 5.08. The van der Waals surface area contributed by atoms with Crippen LogP contribution in [0.2, 0.25) is 0 Å². The molecule has 1 aliphatic heterocycles. The lowest BCUT2D eigenvalue weighted by Crippen LogP contribution is -2.44. The van der Waals surface area contributed by atoms with Crippen molar-refractivity contribution < 1.29 is 4.79 Å². The van der Waals surface area contributed by atoms with E-state index in [-0.39, 0.29) is 11.9 Å². The number of rotatable bonds is 5. The maximum absolute atomic E-state index is 11.5. The van der Waals surface area contributed by atoms with Crippen molar-refractivity contribution in [3.8, 4) is 0 Å². The van der Waals surface area contributed by atoms with E-state index in [9.17, 15) is 4.79 Å². The molecule has 22 heavy (non-hydrogen) atoms. The van der Waals surface area contributed by atoms with Crippen molar-refractivity contribution in [1.29, 1.82) is 0 Å². The fourth-order valence-electron chi connectivity index (χ4n) is 2.60. The Morgan fingerprint density at radius 2 is 2.36 bits per heavy atom. The van der Waals surface area contributed by atoms with Crippen LogP contribution in [0.25, 0.3) is 0 Å². The number of nitrogens with zero attached hydrogens (tertiary/aromatic N) is 4. The maximum Gasteiger partial charge on any atom is 0.220 e. The zero-order valence-electron chi connectivity index (χ0n) is 12.7. The van der Waals surface area contributed by atoms with Gasteiger partial charge < -0.3 is 10.2 Å². The Morgan fingerprint density at radius 3 is 3.00 bits per heavy atom. The Morgan fingerprint density at radius 1 is 1.50 bits per heavy atom. The molecule has 7 heteroatoms. The summed E-state index contributed by atoms with van der Waals surface area (Å²) in [6.07, 6.45) is 3.66. The Balaban J connectivity index is 1.66. The normalized spacial score (nSPS) is 17.2. The fourth-order valence-corrected chi connectivity index (χ4v) is 3.22. The summed E-state index contributed by atoms with van der Waals surface area (Å²) >= 11 is 1.66. The number of hydrogen-bond donors (Lipinski definition) is 1. The predicted molar refractivity (Wildman–Crippen MR) is 85.8 cm³/mol. The van der Waals surface area contributed by atoms with Crippen molar-refractivity contribution in [1.82, 2.24) is 19.9 Å². The van der Waals surface area contributed by atoms with Gasteiger partial charge in [-0.2, -0.15) is 0 Å². The van der Waals surface area contributed by atoms with E-state index in [1.807, 2.05) is 29.5 Å². The SMILES string of the molecule is CC(=O)N1CCC1c1cc(NCCc2nccs2)nc(C)n1. The molecule has 1 amide bonds. The molecule has 3 heterocycles. The lowest BCUT2D eigenvalue weighted by atomic mass is 9.99. The quantitative estimate of drug-likeness (QED) is 0.915. The van der Waals surface area contributed by atoms with E-state index < -0.39 is 0 Å². The van der Waals surface area contributed by atoms with Gasteiger partial charge in [-0.15, -0.1) is 11.3 Å². The molecular weight excluding hydrogens is 298 g/mol. The predicted octanol–water partition coefficient (Wildman–Crippen LogP) is 2.19. The van der Waals surface area contributed by atoms with Crippen LogP contribution >= 0.6 is 11.3 Å². The Labute approximate surface area is 133 Å². The second-order valence-corrected chi connectivity index (χ2v) is 6.32. The number of carbonyl (C=O) groups is 1. The molecule has 1 unspecified atom stereocenters. The highest BCUT2D eigenvalue weighted by atomic mass is 32.1. The van der Waals surface area contributed by atoms with Crippen LogP contribution in [0.4, 0.5) is 5.82 Å². The van der Waals surface area contributed by atoms with Crippen LogP contribution in [0.3, 0.4) is 0 Å². The summed E-state index contributed by atoms with van der Waals surface area (Å²) in [6, 6.07) is 2.05. The van der Waals surface area contributed by atoms with Crippen LogP contribution in [0.15, 0.2) is 17.6 Å². The molecule has 1 fully saturated rings. The highest BCUT2D eigenvalue weighted by molar-refractivity contribution is 7.09. The lowest BCUT2D eigenvalue weighted by Gasteiger charge is -2.40. The van der Waals surface area contributed by atoms with Crippen molar-refractivity contribution in [2.24, 2.45) is 0 Å². The van der Waals surface area contributed by atoms with Gasteiger partial charge in [0.2, 0.25) is 5.91 Å². The summed E-state index contributed by atoms with van der Waals surface area (Å²) in [5.41, 5.74) is 0.922. The minimum absolute atomic E-state index is 0.0960. The first-order valence-electron chi connectivity index (χ1n) is 7.38. The molecule has 116 valence electrons. The highest BCUT2D eigenvalue weighted by Gasteiger charge is 2.32. The number of anilines is 1. The number of amides is 1. The average molecular weight is 317 g/mol. The van der Waals surface area contributed by atoms with Crippen LogP contribution in [0, 0.1) is 6.92 Å². The number of likely N-dealkylation sites (tertiary alicyclic amines) is 1. The summed E-state index contributed by atoms with van der Waals surface area (Å²) < 4.78 is 0. The van der Waals surface area contributed by atoms with Crippen molar-refractivity contribution in [2.45, 2.75) is 32.7 Å². The number of aromatic nitrogens is 3. The van der Waals surface area contributed by atoms with Gasteiger partial charge in [0.1, 0.15) is 11.6 Å². The van der Waals surface area contributed by atoms with E-state index in [1.54, 1.807) is 18.3 Å². The molecule has 3 rings (SSSR count). The van der Waals surface area contributed by atoms with Crippen molar-refractivity contribution in [3.05, 3.63) is 34.2 Å². The van der Waals surface area contributed by atoms with Crippen LogP contribution in [-0.2, 0) is 11.2 Å². The Bertz CT molecular complexity index is 658. The van der Waals surface area contributed by atoms with Crippen LogP contribution in [0.1, 0.15) is 35.9 Å². The first-order valence-corrected chi connectivity index (χ1v) is 8.26. The van der Waals surface area contributed by atoms with E-state index >= 15 is 0 Å². The monoisotopic (exact) mass is 317 g/mol. The molecule has 1 atom stereocenters. The second kappa shape index (κ2) is 6.39. The molecule has 0 bridgehead atoms. The molecule has 2 aromatic rings. The van der Waals surface area contributed by atoms with E-state index in [0.29, 0.717) is 0 Å². The summed E-state index contributed by atoms with van der Waals surface area (Å²) in [5.74, 6) is 1.64. The molecule has 6 nitrogen and oxygen atoms in total. The molecule has 0 radical (unpaired) electrons. The van der Waals surface area contributed by atoms with E-state index in [4.69, 9.17) is 0 Å². The van der Waals surface area contributed by atoms with Gasteiger partial charge in [0.05, 0.1) is 16.7 Å². The molecule has 2 aromatic heterocycles. The van der Waals surface area contributed by atoms with Gasteiger partial charge in [-0.1, -0.05) is 0 Å². The largest absolute Gasteiger partial charge is 0.370 e. The second-order valence-electron chi connectivity index (χ2n) is 5.34. The van der Waals surface area contributed by atoms with E-state index in [2.05, 4.69) is 20.3 Å². The highest BCUT2D eigenvalue weighted by Crippen LogP contribution is 2.32. The number of aryl methyl sites for hydroxylation is 1. The third kappa shape index (κ3) is 3.24. The Kier molecular flexibility index (Phi) is 4.33. The van der Waals surface area contributed by atoms with Gasteiger partial charge in [-0.3, -0.25) is 4.79 Å². The molecule has 0 aliphatic carbocycles. The smallest absolute Gasteiger partial charge is 0.220 e. The summed E-state index contributed by atoms with van der Waals surface area (Å²) in [5, 5.41) is 6.42. The Hall–Kier alpha value is -2.02. The van der Waals surface area contributed by atoms with Crippen LogP contribution in [-0.4, -0.2) is 38.8 Å². The van der Waals surface area contributed by atoms with Gasteiger partial charge in [0.15, 0.2) is 0 Å². The van der Waals surface area contributed by atoms with Crippen LogP contribution < -0.4 is 5.32 Å². The molecule has 0 saturated carbocycles. The summed E-state index contributed by atoms with van der Waals surface area (Å²) in [7, 11) is 0. The van der Waals surface area contributed by atoms with E-state index in [0.717, 1.165) is 48.3 Å². The standard InChI is InChI=1S/C15H19N5OS/c1-10-18-12(13-4-7-20(13)11(2)21)9-14(19-10)16-5-3-15-17-6-8-22-15/h6,8-9,13H,3-5,7H2,1-2H3,(H,16,18,19). The van der Waals surface area contributed by atoms with Gasteiger partial charge in [-0.25, -0.2) is 15.0 Å². The van der Waals surface area contributed by atoms with Crippen molar-refractivity contribution >= 4 is 23.1 Å². The van der Waals surface area contributed by atoms with Crippen molar-refractivity contribution in [2.75, 3.05) is 18.4 Å². The van der Waals surface area contributed by atoms with Crippen molar-refractivity contribution in [3.63, 3.8) is 0 Å². The molecule has 1 N–H and O–H groups in total. The minimum atomic E-state index is 0.0960. The molecule has 1 saturated heterocycles. The maximum atomic E-state index is 11.5. The number of hydrogen-bond acceptors (Lipinski definition) is 6. The zero-order valence-corrected chi connectivity index (χ0v) is 13.6. The van der Waals surface area contributed by atoms with Gasteiger partial charge in [0.25, 0.3) is 0 Å². The lowest BCUT2D eigenvalue weighted by molar-refractivity contribution is -0.136. The zero-order chi connectivity index (χ0) is 15.5. The van der Waals surface area contributed by atoms with Crippen LogP contribution in [0.5, 0.6) is 0 Å². The fraction of sp³-hybridized carbons (Fsp3) is 0.467. The van der Waals surface area contributed by atoms with Gasteiger partial charge in [-0.05, 0) is 13.3 Å². The minimum Gasteiger partial charge on any atom is -0.370 e. The number of carbonyl (C=O) groups excluding carboxylic acids is 1. The number of nitrogens with one attached hydrogen (secondary N) is 1. The third-order valence-electron chi connectivity index (χ3n) is 3.75. The molecular formula is C15H19N5OS. The van der Waals surface area contributed by atoms with E-state index in [1.165, 1.54) is 0 Å². The average Bonchev–Trinajstić information content (AvgIpc) is 2.89. The molecule has 0 aromatic carbocycles. The number of thiazole rings is 1. The first-order chi connectivity index (χ1) is 10.6. The molecule has 1 aliphatic rings. The molecule has 0 spiro atoms. The third-order valence-corrected chi connectivity index (χ3v) is 4.59. The van der Waals surface area contributed by atoms with Gasteiger partial charge >= 0.3 is 0 Å². The van der Waals surface area contributed by atoms with Gasteiger partial charge in [0, 0.05) is 44.1 Å². The first kappa shape index (κ1) is 14.9.